The molecule has 0 aromatic heterocycles. The Labute approximate surface area is 143 Å². The lowest BCUT2D eigenvalue weighted by atomic mass is 10.2. The van der Waals surface area contributed by atoms with Gasteiger partial charge in [0.05, 0.1) is 12.7 Å². The average Bonchev–Trinajstić information content (AvgIpc) is 2.59. The second kappa shape index (κ2) is 8.20. The van der Waals surface area contributed by atoms with E-state index in [0.29, 0.717) is 28.1 Å². The Kier molecular flexibility index (Phi) is 6.01. The number of ether oxygens (including phenoxy) is 2. The molecule has 23 heavy (non-hydrogen) atoms. The molecule has 0 saturated heterocycles. The number of hydrogen-bond donors (Lipinski definition) is 1. The minimum absolute atomic E-state index is 0.137. The van der Waals surface area contributed by atoms with Gasteiger partial charge in [0.1, 0.15) is 6.07 Å². The van der Waals surface area contributed by atoms with Gasteiger partial charge in [-0.1, -0.05) is 30.3 Å². The van der Waals surface area contributed by atoms with Crippen LogP contribution in [0.3, 0.4) is 0 Å². The Hall–Kier alpha value is -2.52. The highest BCUT2D eigenvalue weighted by atomic mass is 79.9. The van der Waals surface area contributed by atoms with Crippen molar-refractivity contribution in [2.24, 2.45) is 0 Å². The maximum absolute atomic E-state index is 11.9. The number of benzene rings is 2. The standard InChI is InChI=1S/C17H15BrN2O3/c1-22-15-7-13(9-19)14(18)8-16(15)23-11-17(21)20-10-12-5-3-2-4-6-12/h2-8H,10-11H2,1H3,(H,20,21). The van der Waals surface area contributed by atoms with Crippen LogP contribution in [0.5, 0.6) is 11.5 Å². The lowest BCUT2D eigenvalue weighted by Gasteiger charge is -2.12. The van der Waals surface area contributed by atoms with E-state index >= 15 is 0 Å². The summed E-state index contributed by atoms with van der Waals surface area (Å²) < 4.78 is 11.2. The van der Waals surface area contributed by atoms with Crippen molar-refractivity contribution >= 4 is 21.8 Å². The predicted octanol–water partition coefficient (Wildman–Crippen LogP) is 3.02. The van der Waals surface area contributed by atoms with Gasteiger partial charge in [-0.3, -0.25) is 4.79 Å². The summed E-state index contributed by atoms with van der Waals surface area (Å²) in [5.41, 5.74) is 1.45. The van der Waals surface area contributed by atoms with Crippen LogP contribution in [0, 0.1) is 11.3 Å². The molecule has 0 radical (unpaired) electrons. The molecule has 0 aliphatic heterocycles. The van der Waals surface area contributed by atoms with E-state index in [1.165, 1.54) is 7.11 Å². The van der Waals surface area contributed by atoms with Gasteiger partial charge in [0.2, 0.25) is 0 Å². The Morgan fingerprint density at radius 1 is 1.26 bits per heavy atom. The Balaban J connectivity index is 1.94. The Bertz CT molecular complexity index is 727. The van der Waals surface area contributed by atoms with Gasteiger partial charge in [-0.05, 0) is 27.6 Å². The van der Waals surface area contributed by atoms with Crippen LogP contribution in [-0.4, -0.2) is 19.6 Å². The van der Waals surface area contributed by atoms with E-state index in [0.717, 1.165) is 5.56 Å². The summed E-state index contributed by atoms with van der Waals surface area (Å²) in [6, 6.07) is 14.8. The van der Waals surface area contributed by atoms with Gasteiger partial charge in [-0.15, -0.1) is 0 Å². The first-order chi connectivity index (χ1) is 11.1. The molecule has 2 rings (SSSR count). The van der Waals surface area contributed by atoms with E-state index in [4.69, 9.17) is 14.7 Å². The fraction of sp³-hybridized carbons (Fsp3) is 0.176. The highest BCUT2D eigenvalue weighted by molar-refractivity contribution is 9.10. The van der Waals surface area contributed by atoms with E-state index in [9.17, 15) is 4.79 Å². The lowest BCUT2D eigenvalue weighted by molar-refractivity contribution is -0.123. The third-order valence-corrected chi connectivity index (χ3v) is 3.72. The summed E-state index contributed by atoms with van der Waals surface area (Å²) in [6.45, 7) is 0.304. The first kappa shape index (κ1) is 16.8. The van der Waals surface area contributed by atoms with E-state index in [-0.39, 0.29) is 12.5 Å². The summed E-state index contributed by atoms with van der Waals surface area (Å²) in [5, 5.41) is 11.8. The molecular formula is C17H15BrN2O3. The highest BCUT2D eigenvalue weighted by Crippen LogP contribution is 2.33. The molecule has 0 spiro atoms. The number of carbonyl (C=O) groups excluding carboxylic acids is 1. The summed E-state index contributed by atoms with van der Waals surface area (Å²) in [5.74, 6) is 0.560. The largest absolute Gasteiger partial charge is 0.493 e. The number of amides is 1. The number of carbonyl (C=O) groups is 1. The first-order valence-corrected chi connectivity index (χ1v) is 7.64. The third-order valence-electron chi connectivity index (χ3n) is 3.07. The quantitative estimate of drug-likeness (QED) is 0.843. The molecular weight excluding hydrogens is 360 g/mol. The van der Waals surface area contributed by atoms with Gasteiger partial charge in [-0.25, -0.2) is 0 Å². The van der Waals surface area contributed by atoms with Gasteiger partial charge in [0, 0.05) is 17.1 Å². The van der Waals surface area contributed by atoms with Crippen molar-refractivity contribution in [1.29, 1.82) is 5.26 Å². The molecule has 5 nitrogen and oxygen atoms in total. The molecule has 118 valence electrons. The van der Waals surface area contributed by atoms with E-state index in [1.54, 1.807) is 12.1 Å². The number of nitrogens with zero attached hydrogens (tertiary/aromatic N) is 1. The smallest absolute Gasteiger partial charge is 0.258 e. The second-order valence-corrected chi connectivity index (χ2v) is 5.50. The van der Waals surface area contributed by atoms with Crippen molar-refractivity contribution in [3.8, 4) is 17.6 Å². The molecule has 0 unspecified atom stereocenters. The normalized spacial score (nSPS) is 9.78. The molecule has 0 saturated carbocycles. The first-order valence-electron chi connectivity index (χ1n) is 6.85. The van der Waals surface area contributed by atoms with Crippen LogP contribution < -0.4 is 14.8 Å². The molecule has 2 aromatic carbocycles. The number of halogens is 1. The van der Waals surface area contributed by atoms with E-state index in [1.807, 2.05) is 36.4 Å². The van der Waals surface area contributed by atoms with E-state index < -0.39 is 0 Å². The average molecular weight is 375 g/mol. The number of hydrogen-bond acceptors (Lipinski definition) is 4. The van der Waals surface area contributed by atoms with Crippen LogP contribution in [-0.2, 0) is 11.3 Å². The molecule has 0 aliphatic rings. The lowest BCUT2D eigenvalue weighted by Crippen LogP contribution is -2.28. The molecule has 6 heteroatoms. The summed E-state index contributed by atoms with van der Waals surface area (Å²) in [7, 11) is 1.48. The molecule has 0 heterocycles. The SMILES string of the molecule is COc1cc(C#N)c(Br)cc1OCC(=O)NCc1ccccc1. The zero-order chi connectivity index (χ0) is 16.7. The van der Waals surface area contributed by atoms with E-state index in [2.05, 4.69) is 21.2 Å². The third kappa shape index (κ3) is 4.73. The minimum Gasteiger partial charge on any atom is -0.493 e. The van der Waals surface area contributed by atoms with Crippen LogP contribution in [0.1, 0.15) is 11.1 Å². The Morgan fingerprint density at radius 3 is 2.65 bits per heavy atom. The molecule has 2 aromatic rings. The fourth-order valence-corrected chi connectivity index (χ4v) is 2.30. The van der Waals surface area contributed by atoms with Gasteiger partial charge in [0.25, 0.3) is 5.91 Å². The fourth-order valence-electron chi connectivity index (χ4n) is 1.88. The molecule has 0 aliphatic carbocycles. The maximum atomic E-state index is 11.9. The molecule has 0 bridgehead atoms. The van der Waals surface area contributed by atoms with Crippen LogP contribution >= 0.6 is 15.9 Å². The monoisotopic (exact) mass is 374 g/mol. The van der Waals surface area contributed by atoms with Crippen LogP contribution in [0.2, 0.25) is 0 Å². The van der Waals surface area contributed by atoms with Crippen molar-refractivity contribution in [2.75, 3.05) is 13.7 Å². The van der Waals surface area contributed by atoms with Crippen molar-refractivity contribution in [3.63, 3.8) is 0 Å². The Morgan fingerprint density at radius 2 is 2.00 bits per heavy atom. The highest BCUT2D eigenvalue weighted by Gasteiger charge is 2.11. The zero-order valence-corrected chi connectivity index (χ0v) is 14.1. The molecule has 0 fully saturated rings. The number of rotatable bonds is 6. The molecule has 0 atom stereocenters. The minimum atomic E-state index is -0.239. The van der Waals surface area contributed by atoms with Gasteiger partial charge in [0.15, 0.2) is 18.1 Å². The second-order valence-electron chi connectivity index (χ2n) is 4.65. The molecule has 1 amide bonds. The van der Waals surface area contributed by atoms with Crippen molar-refractivity contribution in [2.45, 2.75) is 6.54 Å². The van der Waals surface area contributed by atoms with Gasteiger partial charge in [-0.2, -0.15) is 5.26 Å². The predicted molar refractivity (Wildman–Crippen MR) is 89.2 cm³/mol. The summed E-state index contributed by atoms with van der Waals surface area (Å²) in [6.07, 6.45) is 0. The van der Waals surface area contributed by atoms with Gasteiger partial charge < -0.3 is 14.8 Å². The van der Waals surface area contributed by atoms with Crippen molar-refractivity contribution < 1.29 is 14.3 Å². The van der Waals surface area contributed by atoms with Gasteiger partial charge >= 0.3 is 0 Å². The maximum Gasteiger partial charge on any atom is 0.258 e. The van der Waals surface area contributed by atoms with Crippen molar-refractivity contribution in [1.82, 2.24) is 5.32 Å². The van der Waals surface area contributed by atoms with Crippen LogP contribution in [0.15, 0.2) is 46.9 Å². The van der Waals surface area contributed by atoms with Crippen LogP contribution in [0.25, 0.3) is 0 Å². The molecule has 1 N–H and O–H groups in total. The number of methoxy groups -OCH3 is 1. The van der Waals surface area contributed by atoms with Crippen molar-refractivity contribution in [3.05, 3.63) is 58.1 Å². The number of nitriles is 1. The topological polar surface area (TPSA) is 71.3 Å². The summed E-state index contributed by atoms with van der Waals surface area (Å²) >= 11 is 3.28. The van der Waals surface area contributed by atoms with Crippen LogP contribution in [0.4, 0.5) is 0 Å². The number of nitrogens with one attached hydrogen (secondary N) is 1. The summed E-state index contributed by atoms with van der Waals surface area (Å²) in [4.78, 5) is 11.9. The zero-order valence-electron chi connectivity index (χ0n) is 12.5.